The topological polar surface area (TPSA) is 191 Å². The van der Waals surface area contributed by atoms with Crippen LogP contribution in [0, 0.1) is 0 Å². The fourth-order valence-electron chi connectivity index (χ4n) is 6.33. The Morgan fingerprint density at radius 3 is 1.69 bits per heavy atom. The summed E-state index contributed by atoms with van der Waals surface area (Å²) in [7, 11) is 0. The van der Waals surface area contributed by atoms with Crippen LogP contribution in [-0.4, -0.2) is 146 Å². The minimum atomic E-state index is -1.56. The zero-order valence-electron chi connectivity index (χ0n) is 28.1. The molecule has 5 rings (SSSR count). The van der Waals surface area contributed by atoms with Gasteiger partial charge < -0.3 is 59.2 Å². The zero-order valence-corrected chi connectivity index (χ0v) is 28.1. The molecule has 3 saturated heterocycles. The van der Waals surface area contributed by atoms with Gasteiger partial charge in [0.1, 0.15) is 42.2 Å². The summed E-state index contributed by atoms with van der Waals surface area (Å²) < 4.78 is 28.6. The maximum atomic E-state index is 12.9. The minimum Gasteiger partial charge on any atom is -0.444 e. The maximum Gasteiger partial charge on any atom is 0.410 e. The first-order valence-electron chi connectivity index (χ1n) is 16.7. The van der Waals surface area contributed by atoms with Crippen molar-refractivity contribution in [2.75, 3.05) is 39.4 Å². The Morgan fingerprint density at radius 2 is 1.27 bits per heavy atom. The molecule has 2 aromatic rings. The number of carbonyl (C=O) groups excluding carboxylic acids is 1. The second-order valence-corrected chi connectivity index (χ2v) is 13.9. The summed E-state index contributed by atoms with van der Waals surface area (Å²) in [4.78, 5) is 16.1. The van der Waals surface area contributed by atoms with Crippen molar-refractivity contribution in [2.24, 2.45) is 0 Å². The van der Waals surface area contributed by atoms with Gasteiger partial charge >= 0.3 is 6.09 Å². The van der Waals surface area contributed by atoms with Gasteiger partial charge in [-0.05, 0) is 27.2 Å². The Morgan fingerprint density at radius 1 is 0.816 bits per heavy atom. The number of benzene rings is 2. The molecule has 3 aliphatic rings. The Balaban J connectivity index is 1.29. The number of hydrogen-bond acceptors (Lipinski definition) is 13. The average molecular weight is 691 g/mol. The summed E-state index contributed by atoms with van der Waals surface area (Å²) in [5.41, 5.74) is 0.653. The molecule has 0 aliphatic carbocycles. The van der Waals surface area contributed by atoms with Crippen LogP contribution in [0.2, 0.25) is 0 Å². The quantitative estimate of drug-likeness (QED) is 0.193. The molecule has 0 aromatic heterocycles. The van der Waals surface area contributed by atoms with Gasteiger partial charge in [-0.3, -0.25) is 4.90 Å². The molecule has 3 heterocycles. The van der Waals surface area contributed by atoms with E-state index in [2.05, 4.69) is 0 Å². The van der Waals surface area contributed by atoms with E-state index in [9.17, 15) is 35.4 Å². The molecule has 2 unspecified atom stereocenters. The smallest absolute Gasteiger partial charge is 0.410 e. The molecule has 0 saturated carbocycles. The van der Waals surface area contributed by atoms with Crippen LogP contribution < -0.4 is 0 Å². The van der Waals surface area contributed by atoms with Crippen molar-refractivity contribution in [2.45, 2.75) is 100 Å². The van der Waals surface area contributed by atoms with E-state index in [0.717, 1.165) is 0 Å². The molecular weight excluding hydrogens is 640 g/mol. The van der Waals surface area contributed by atoms with E-state index >= 15 is 0 Å². The summed E-state index contributed by atoms with van der Waals surface area (Å²) >= 11 is 0. The summed E-state index contributed by atoms with van der Waals surface area (Å²) in [6.45, 7) is 5.14. The highest BCUT2D eigenvalue weighted by molar-refractivity contribution is 5.68. The summed E-state index contributed by atoms with van der Waals surface area (Å²) in [6.07, 6.45) is -12.8. The molecule has 2 aromatic carbocycles. The van der Waals surface area contributed by atoms with Gasteiger partial charge in [0.15, 0.2) is 12.6 Å². The van der Waals surface area contributed by atoms with E-state index < -0.39 is 79.1 Å². The van der Waals surface area contributed by atoms with Gasteiger partial charge in [0.2, 0.25) is 0 Å². The summed E-state index contributed by atoms with van der Waals surface area (Å²) in [5.74, 6) is 0. The number of likely N-dealkylation sites (tertiary alicyclic amines) is 1. The van der Waals surface area contributed by atoms with Crippen LogP contribution in [-0.2, 0) is 23.7 Å². The summed E-state index contributed by atoms with van der Waals surface area (Å²) in [6, 6.07) is 17.6. The second-order valence-electron chi connectivity index (χ2n) is 13.9. The number of hydrogen-bond donors (Lipinski definition) is 6. The number of amides is 1. The first kappa shape index (κ1) is 37.5. The molecule has 0 spiro atoms. The van der Waals surface area contributed by atoms with E-state index in [1.54, 1.807) is 74.2 Å². The summed E-state index contributed by atoms with van der Waals surface area (Å²) in [5, 5.41) is 66.6. The molecule has 272 valence electrons. The molecule has 0 radical (unpaired) electrons. The van der Waals surface area contributed by atoms with Gasteiger partial charge in [-0.2, -0.15) is 0 Å². The number of nitrogens with zero attached hydrogens (tertiary/aromatic N) is 2. The molecule has 14 nitrogen and oxygen atoms in total. The lowest BCUT2D eigenvalue weighted by Crippen LogP contribution is -2.57. The molecule has 49 heavy (non-hydrogen) atoms. The number of rotatable bonds is 11. The van der Waals surface area contributed by atoms with E-state index in [1.165, 1.54) is 4.90 Å². The van der Waals surface area contributed by atoms with Crippen LogP contribution >= 0.6 is 0 Å². The molecule has 3 fully saturated rings. The van der Waals surface area contributed by atoms with Crippen LogP contribution in [0.3, 0.4) is 0 Å². The SMILES string of the molecule is CC(C)(C)OC(=O)N1CC[C@@H](N(C[C@H](O)[C@@H](O)[C@@H]2OC(c3ccccc3)OC[C@H]2O)C[C@H](O)[C@@H](O)[C@@H]2OC(c3ccccc3)OC[C@H]2O)C1. The fourth-order valence-corrected chi connectivity index (χ4v) is 6.33. The van der Waals surface area contributed by atoms with Gasteiger partial charge in [-0.25, -0.2) is 4.79 Å². The van der Waals surface area contributed by atoms with Crippen LogP contribution in [0.1, 0.15) is 50.9 Å². The van der Waals surface area contributed by atoms with Crippen LogP contribution in [0.4, 0.5) is 4.79 Å². The predicted octanol–water partition coefficient (Wildman–Crippen LogP) is 0.692. The standard InChI is InChI=1S/C35H50N2O12/c1-35(2,3)49-34(44)36-15-14-23(16-36)37(17-24(38)28(42)30-26(40)19-45-32(47-30)21-10-6-4-7-11-21)18-25(39)29(43)31-27(41)20-46-33(48-31)22-12-8-5-9-13-22/h4-13,23-33,38-43H,14-20H2,1-3H3/t23-,24+,25+,26-,27-,28-,29-,30-,31-,32?,33?/m1/s1. The van der Waals surface area contributed by atoms with Crippen LogP contribution in [0.5, 0.6) is 0 Å². The molecule has 14 heteroatoms. The van der Waals surface area contributed by atoms with E-state index in [0.29, 0.717) is 24.1 Å². The highest BCUT2D eigenvalue weighted by Gasteiger charge is 2.44. The average Bonchev–Trinajstić information content (AvgIpc) is 3.59. The highest BCUT2D eigenvalue weighted by Crippen LogP contribution is 2.31. The van der Waals surface area contributed by atoms with Crippen molar-refractivity contribution in [3.63, 3.8) is 0 Å². The number of aliphatic hydroxyl groups is 6. The van der Waals surface area contributed by atoms with Gasteiger partial charge in [0.05, 0.1) is 25.4 Å². The van der Waals surface area contributed by atoms with Gasteiger partial charge in [-0.1, -0.05) is 60.7 Å². The number of carbonyl (C=O) groups is 1. The van der Waals surface area contributed by atoms with Gasteiger partial charge in [-0.15, -0.1) is 0 Å². The molecule has 3 aliphatic heterocycles. The third-order valence-electron chi connectivity index (χ3n) is 8.94. The maximum absolute atomic E-state index is 12.9. The van der Waals surface area contributed by atoms with Crippen molar-refractivity contribution in [1.82, 2.24) is 9.80 Å². The van der Waals surface area contributed by atoms with Crippen LogP contribution in [0.15, 0.2) is 60.7 Å². The second kappa shape index (κ2) is 16.5. The van der Waals surface area contributed by atoms with Crippen molar-refractivity contribution in [3.8, 4) is 0 Å². The number of ether oxygens (including phenoxy) is 5. The molecule has 1 amide bonds. The highest BCUT2D eigenvalue weighted by atomic mass is 16.7. The molecule has 6 N–H and O–H groups in total. The van der Waals surface area contributed by atoms with E-state index in [-0.39, 0.29) is 32.8 Å². The predicted molar refractivity (Wildman–Crippen MR) is 174 cm³/mol. The van der Waals surface area contributed by atoms with Crippen LogP contribution in [0.25, 0.3) is 0 Å². The largest absolute Gasteiger partial charge is 0.444 e. The monoisotopic (exact) mass is 690 g/mol. The van der Waals surface area contributed by atoms with Crippen molar-refractivity contribution < 1.29 is 59.1 Å². The van der Waals surface area contributed by atoms with E-state index in [4.69, 9.17) is 23.7 Å². The lowest BCUT2D eigenvalue weighted by atomic mass is 9.98. The van der Waals surface area contributed by atoms with E-state index in [1.807, 2.05) is 12.1 Å². The van der Waals surface area contributed by atoms with Gasteiger partial charge in [0.25, 0.3) is 0 Å². The Kier molecular flexibility index (Phi) is 12.7. The third-order valence-corrected chi connectivity index (χ3v) is 8.94. The van der Waals surface area contributed by atoms with Crippen molar-refractivity contribution in [1.29, 1.82) is 0 Å². The normalized spacial score (nSPS) is 30.5. The molecular formula is C35H50N2O12. The number of aliphatic hydroxyl groups excluding tert-OH is 6. The van der Waals surface area contributed by atoms with Crippen molar-refractivity contribution >= 4 is 6.09 Å². The zero-order chi connectivity index (χ0) is 35.3. The molecule has 0 bridgehead atoms. The minimum absolute atomic E-state index is 0.131. The molecule has 11 atom stereocenters. The third kappa shape index (κ3) is 9.74. The lowest BCUT2D eigenvalue weighted by Gasteiger charge is -2.41. The van der Waals surface area contributed by atoms with Gasteiger partial charge in [0, 0.05) is 43.3 Å². The van der Waals surface area contributed by atoms with Crippen molar-refractivity contribution in [3.05, 3.63) is 71.8 Å². The fraction of sp³-hybridized carbons (Fsp3) is 0.629. The first-order chi connectivity index (χ1) is 23.3. The lowest BCUT2D eigenvalue weighted by molar-refractivity contribution is -0.285. The first-order valence-corrected chi connectivity index (χ1v) is 16.7. The Hall–Kier alpha value is -2.73. The Bertz CT molecular complexity index is 1240. The Labute approximate surface area is 286 Å².